The molecule has 1 aromatic heterocycles. The third-order valence-corrected chi connectivity index (χ3v) is 4.56. The number of H-pyrrole nitrogens is 1. The number of nitrogens with zero attached hydrogens (tertiary/aromatic N) is 1. The van der Waals surface area contributed by atoms with Gasteiger partial charge in [-0.3, -0.25) is 4.79 Å². The molecule has 1 aromatic carbocycles. The van der Waals surface area contributed by atoms with Gasteiger partial charge in [-0.25, -0.2) is 4.39 Å². The Hall–Kier alpha value is -1.88. The Morgan fingerprint density at radius 3 is 3.05 bits per heavy atom. The highest BCUT2D eigenvalue weighted by molar-refractivity contribution is 5.90. The average molecular weight is 303 g/mol. The number of nitrogens with one attached hydrogen (secondary N) is 1. The topological polar surface area (TPSA) is 62.1 Å². The number of rotatable bonds is 2. The second kappa shape index (κ2) is 6.08. The highest BCUT2D eigenvalue weighted by Crippen LogP contribution is 2.25. The molecular weight excluding hydrogens is 281 g/mol. The molecule has 1 fully saturated rings. The van der Waals surface area contributed by atoms with Crippen LogP contribution in [0.3, 0.4) is 0 Å². The summed E-state index contributed by atoms with van der Waals surface area (Å²) in [5, 5.41) is 0.803. The van der Waals surface area contributed by atoms with E-state index in [0.29, 0.717) is 11.9 Å². The molecule has 1 aliphatic rings. The first-order valence-corrected chi connectivity index (χ1v) is 7.85. The molecule has 4 nitrogen and oxygen atoms in total. The number of carbonyl (C=O) groups is 1. The Balaban J connectivity index is 1.82. The van der Waals surface area contributed by atoms with Crippen LogP contribution in [0.1, 0.15) is 30.5 Å². The summed E-state index contributed by atoms with van der Waals surface area (Å²) in [5.74, 6) is -0.178. The molecule has 118 valence electrons. The van der Waals surface area contributed by atoms with Crippen LogP contribution in [-0.4, -0.2) is 34.9 Å². The predicted octanol–water partition coefficient (Wildman–Crippen LogP) is 2.50. The van der Waals surface area contributed by atoms with Crippen molar-refractivity contribution in [3.05, 3.63) is 35.3 Å². The maximum absolute atomic E-state index is 13.8. The van der Waals surface area contributed by atoms with Crippen LogP contribution >= 0.6 is 0 Å². The van der Waals surface area contributed by atoms with E-state index in [4.69, 9.17) is 5.73 Å². The number of halogens is 1. The van der Waals surface area contributed by atoms with E-state index in [1.165, 1.54) is 6.07 Å². The van der Waals surface area contributed by atoms with Crippen molar-refractivity contribution in [1.29, 1.82) is 0 Å². The van der Waals surface area contributed by atoms with Gasteiger partial charge in [0.1, 0.15) is 5.82 Å². The third kappa shape index (κ3) is 2.86. The third-order valence-electron chi connectivity index (χ3n) is 4.56. The fourth-order valence-electron chi connectivity index (χ4n) is 3.23. The van der Waals surface area contributed by atoms with Crippen molar-refractivity contribution < 1.29 is 9.18 Å². The molecule has 5 heteroatoms. The van der Waals surface area contributed by atoms with Crippen molar-refractivity contribution in [2.45, 2.75) is 38.6 Å². The lowest BCUT2D eigenvalue weighted by molar-refractivity contribution is -0.130. The summed E-state index contributed by atoms with van der Waals surface area (Å²) in [6.07, 6.45) is 3.09. The summed E-state index contributed by atoms with van der Waals surface area (Å²) in [6, 6.07) is 5.18. The SMILES string of the molecule is Cc1[nH]c2c(F)cccc2c1CC(=O)N1CCCC(N)CC1. The van der Waals surface area contributed by atoms with E-state index in [0.717, 1.165) is 49.0 Å². The minimum atomic E-state index is -0.278. The zero-order valence-electron chi connectivity index (χ0n) is 12.9. The van der Waals surface area contributed by atoms with Crippen LogP contribution in [0.4, 0.5) is 4.39 Å². The van der Waals surface area contributed by atoms with Crippen molar-refractivity contribution in [2.24, 2.45) is 5.73 Å². The zero-order chi connectivity index (χ0) is 15.7. The zero-order valence-corrected chi connectivity index (χ0v) is 12.9. The Kier molecular flexibility index (Phi) is 4.16. The van der Waals surface area contributed by atoms with Gasteiger partial charge in [0.25, 0.3) is 0 Å². The first kappa shape index (κ1) is 15.0. The molecule has 1 saturated heterocycles. The molecule has 0 saturated carbocycles. The number of fused-ring (bicyclic) bond motifs is 1. The number of aryl methyl sites for hydroxylation is 1. The number of aromatic amines is 1. The van der Waals surface area contributed by atoms with Gasteiger partial charge in [0, 0.05) is 30.2 Å². The molecule has 0 spiro atoms. The Labute approximate surface area is 129 Å². The van der Waals surface area contributed by atoms with Crippen LogP contribution in [0.25, 0.3) is 10.9 Å². The maximum Gasteiger partial charge on any atom is 0.227 e. The quantitative estimate of drug-likeness (QED) is 0.895. The number of benzene rings is 1. The summed E-state index contributed by atoms with van der Waals surface area (Å²) in [6.45, 7) is 3.37. The number of carbonyl (C=O) groups excluding carboxylic acids is 1. The average Bonchev–Trinajstić information content (AvgIpc) is 2.67. The molecule has 1 aliphatic heterocycles. The molecule has 0 bridgehead atoms. The molecule has 3 N–H and O–H groups in total. The van der Waals surface area contributed by atoms with E-state index in [9.17, 15) is 9.18 Å². The first-order chi connectivity index (χ1) is 10.6. The van der Waals surface area contributed by atoms with Crippen molar-refractivity contribution in [2.75, 3.05) is 13.1 Å². The Morgan fingerprint density at radius 1 is 1.41 bits per heavy atom. The molecule has 0 radical (unpaired) electrons. The molecule has 1 unspecified atom stereocenters. The van der Waals surface area contributed by atoms with Gasteiger partial charge in [0.05, 0.1) is 11.9 Å². The molecule has 1 atom stereocenters. The van der Waals surface area contributed by atoms with Gasteiger partial charge in [-0.2, -0.15) is 0 Å². The summed E-state index contributed by atoms with van der Waals surface area (Å²) in [4.78, 5) is 17.5. The molecule has 2 heterocycles. The van der Waals surface area contributed by atoms with Gasteiger partial charge in [-0.15, -0.1) is 0 Å². The summed E-state index contributed by atoms with van der Waals surface area (Å²) in [5.41, 5.74) is 8.21. The van der Waals surface area contributed by atoms with E-state index in [-0.39, 0.29) is 17.8 Å². The highest BCUT2D eigenvalue weighted by atomic mass is 19.1. The number of amides is 1. The van der Waals surface area contributed by atoms with Crippen LogP contribution in [0, 0.1) is 12.7 Å². The van der Waals surface area contributed by atoms with E-state index in [1.807, 2.05) is 17.9 Å². The van der Waals surface area contributed by atoms with Crippen LogP contribution in [-0.2, 0) is 11.2 Å². The van der Waals surface area contributed by atoms with Crippen LogP contribution in [0.2, 0.25) is 0 Å². The maximum atomic E-state index is 13.8. The Bertz CT molecular complexity index is 695. The van der Waals surface area contributed by atoms with Gasteiger partial charge in [0.2, 0.25) is 5.91 Å². The molecule has 22 heavy (non-hydrogen) atoms. The van der Waals surface area contributed by atoms with Crippen molar-refractivity contribution >= 4 is 16.8 Å². The van der Waals surface area contributed by atoms with Gasteiger partial charge in [0.15, 0.2) is 0 Å². The fraction of sp³-hybridized carbons (Fsp3) is 0.471. The van der Waals surface area contributed by atoms with Gasteiger partial charge >= 0.3 is 0 Å². The second-order valence-electron chi connectivity index (χ2n) is 6.14. The highest BCUT2D eigenvalue weighted by Gasteiger charge is 2.21. The lowest BCUT2D eigenvalue weighted by Gasteiger charge is -2.20. The normalized spacial score (nSPS) is 19.4. The lowest BCUT2D eigenvalue weighted by atomic mass is 10.1. The summed E-state index contributed by atoms with van der Waals surface area (Å²) >= 11 is 0. The van der Waals surface area contributed by atoms with Gasteiger partial charge in [-0.1, -0.05) is 12.1 Å². The van der Waals surface area contributed by atoms with E-state index in [1.54, 1.807) is 6.07 Å². The standard InChI is InChI=1S/C17H22FN3O/c1-11-14(13-5-2-6-15(18)17(13)20-11)10-16(22)21-8-3-4-12(19)7-9-21/h2,5-6,12,20H,3-4,7-10,19H2,1H3. The number of nitrogens with two attached hydrogens (primary N) is 1. The summed E-state index contributed by atoms with van der Waals surface area (Å²) < 4.78 is 13.8. The summed E-state index contributed by atoms with van der Waals surface area (Å²) in [7, 11) is 0. The second-order valence-corrected chi connectivity index (χ2v) is 6.14. The Morgan fingerprint density at radius 2 is 2.23 bits per heavy atom. The number of para-hydroxylation sites is 1. The van der Waals surface area contributed by atoms with Crippen LogP contribution in [0.15, 0.2) is 18.2 Å². The number of likely N-dealkylation sites (tertiary alicyclic amines) is 1. The minimum Gasteiger partial charge on any atom is -0.356 e. The van der Waals surface area contributed by atoms with Crippen molar-refractivity contribution in [1.82, 2.24) is 9.88 Å². The first-order valence-electron chi connectivity index (χ1n) is 7.85. The van der Waals surface area contributed by atoms with Gasteiger partial charge in [-0.05, 0) is 37.8 Å². The smallest absolute Gasteiger partial charge is 0.227 e. The monoisotopic (exact) mass is 303 g/mol. The van der Waals surface area contributed by atoms with E-state index in [2.05, 4.69) is 4.98 Å². The number of hydrogen-bond acceptors (Lipinski definition) is 2. The molecule has 0 aliphatic carbocycles. The molecule has 3 rings (SSSR count). The lowest BCUT2D eigenvalue weighted by Crippen LogP contribution is -2.34. The van der Waals surface area contributed by atoms with Crippen LogP contribution < -0.4 is 5.73 Å². The molecule has 1 amide bonds. The van der Waals surface area contributed by atoms with E-state index >= 15 is 0 Å². The molecule has 2 aromatic rings. The fourth-order valence-corrected chi connectivity index (χ4v) is 3.23. The largest absolute Gasteiger partial charge is 0.356 e. The van der Waals surface area contributed by atoms with Gasteiger partial charge < -0.3 is 15.6 Å². The van der Waals surface area contributed by atoms with Crippen molar-refractivity contribution in [3.8, 4) is 0 Å². The molecular formula is C17H22FN3O. The van der Waals surface area contributed by atoms with Crippen molar-refractivity contribution in [3.63, 3.8) is 0 Å². The number of aromatic nitrogens is 1. The minimum absolute atomic E-state index is 0.0994. The van der Waals surface area contributed by atoms with Crippen LogP contribution in [0.5, 0.6) is 0 Å². The van der Waals surface area contributed by atoms with E-state index < -0.39 is 0 Å². The predicted molar refractivity (Wildman–Crippen MR) is 85.1 cm³/mol. The number of hydrogen-bond donors (Lipinski definition) is 2.